The summed E-state index contributed by atoms with van der Waals surface area (Å²) in [5.74, 6) is -0.288. The number of nitrogens with two attached hydrogens (primary N) is 2. The van der Waals surface area contributed by atoms with E-state index >= 15 is 0 Å². The van der Waals surface area contributed by atoms with E-state index in [2.05, 4.69) is 6.58 Å². The van der Waals surface area contributed by atoms with E-state index in [0.29, 0.717) is 28.4 Å². The van der Waals surface area contributed by atoms with Crippen LogP contribution >= 0.6 is 0 Å². The van der Waals surface area contributed by atoms with Gasteiger partial charge in [0, 0.05) is 23.0 Å². The molecule has 0 spiro atoms. The average Bonchev–Trinajstić information content (AvgIpc) is 2.78. The summed E-state index contributed by atoms with van der Waals surface area (Å²) in [5.41, 5.74) is 14.5. The number of rotatable bonds is 7. The SMILES string of the molecule is C=CC1CCC(OC(=O)c2ccc(C=CC(=O)OCc3ccc(N)cc3N)cc2)CC1. The monoisotopic (exact) mass is 420 g/mol. The number of esters is 2. The Balaban J connectivity index is 1.48. The molecule has 6 nitrogen and oxygen atoms in total. The lowest BCUT2D eigenvalue weighted by Crippen LogP contribution is -2.23. The molecule has 0 heterocycles. The second kappa shape index (κ2) is 10.5. The standard InChI is InChI=1S/C25H28N2O4/c1-2-17-5-12-22(13-6-17)31-25(29)19-8-3-18(4-9-19)7-14-24(28)30-16-20-10-11-21(26)15-23(20)27/h2-4,7-11,14-15,17,22H,1,5-6,12-13,16,26-27H2. The molecule has 0 saturated heterocycles. The van der Waals surface area contributed by atoms with Crippen LogP contribution in [-0.4, -0.2) is 18.0 Å². The fourth-order valence-corrected chi connectivity index (χ4v) is 3.50. The minimum absolute atomic E-state index is 0.0341. The molecule has 162 valence electrons. The Morgan fingerprint density at radius 2 is 1.74 bits per heavy atom. The number of carbonyl (C=O) groups is 2. The van der Waals surface area contributed by atoms with Gasteiger partial charge in [-0.05, 0) is 67.5 Å². The largest absolute Gasteiger partial charge is 0.459 e. The topological polar surface area (TPSA) is 105 Å². The fourth-order valence-electron chi connectivity index (χ4n) is 3.50. The van der Waals surface area contributed by atoms with Crippen LogP contribution in [0.25, 0.3) is 6.08 Å². The summed E-state index contributed by atoms with van der Waals surface area (Å²) < 4.78 is 10.8. The van der Waals surface area contributed by atoms with Gasteiger partial charge in [-0.2, -0.15) is 0 Å². The van der Waals surface area contributed by atoms with Crippen LogP contribution in [0.2, 0.25) is 0 Å². The van der Waals surface area contributed by atoms with Crippen molar-refractivity contribution in [2.75, 3.05) is 11.5 Å². The van der Waals surface area contributed by atoms with Gasteiger partial charge in [-0.3, -0.25) is 0 Å². The van der Waals surface area contributed by atoms with E-state index in [1.807, 2.05) is 6.08 Å². The molecule has 0 aliphatic heterocycles. The molecule has 6 heteroatoms. The maximum absolute atomic E-state index is 12.4. The molecule has 2 aromatic rings. The first-order chi connectivity index (χ1) is 14.9. The van der Waals surface area contributed by atoms with Gasteiger partial charge in [-0.15, -0.1) is 6.58 Å². The molecule has 1 aliphatic rings. The predicted molar refractivity (Wildman–Crippen MR) is 122 cm³/mol. The molecular weight excluding hydrogens is 392 g/mol. The van der Waals surface area contributed by atoms with Gasteiger partial charge in [0.15, 0.2) is 0 Å². The second-order valence-corrected chi connectivity index (χ2v) is 7.70. The maximum Gasteiger partial charge on any atom is 0.338 e. The predicted octanol–water partition coefficient (Wildman–Crippen LogP) is 4.51. The van der Waals surface area contributed by atoms with E-state index in [1.54, 1.807) is 48.5 Å². The number of benzene rings is 2. The third kappa shape index (κ3) is 6.47. The molecule has 0 unspecified atom stereocenters. The number of hydrogen-bond acceptors (Lipinski definition) is 6. The Morgan fingerprint density at radius 3 is 2.39 bits per heavy atom. The molecular formula is C25H28N2O4. The molecule has 3 rings (SSSR count). The number of ether oxygens (including phenoxy) is 2. The summed E-state index contributed by atoms with van der Waals surface area (Å²) in [6.45, 7) is 3.90. The number of carbonyl (C=O) groups excluding carboxylic acids is 2. The van der Waals surface area contributed by atoms with Crippen LogP contribution in [-0.2, 0) is 20.9 Å². The van der Waals surface area contributed by atoms with Crippen LogP contribution in [0.1, 0.15) is 47.2 Å². The molecule has 0 atom stereocenters. The molecule has 1 saturated carbocycles. The first-order valence-corrected chi connectivity index (χ1v) is 10.4. The minimum Gasteiger partial charge on any atom is -0.459 e. The Hall–Kier alpha value is -3.54. The van der Waals surface area contributed by atoms with Crippen molar-refractivity contribution in [3.05, 3.63) is 77.9 Å². The maximum atomic E-state index is 12.4. The van der Waals surface area contributed by atoms with Crippen molar-refractivity contribution in [3.63, 3.8) is 0 Å². The molecule has 1 fully saturated rings. The highest BCUT2D eigenvalue weighted by Gasteiger charge is 2.22. The average molecular weight is 421 g/mol. The van der Waals surface area contributed by atoms with E-state index < -0.39 is 5.97 Å². The van der Waals surface area contributed by atoms with Gasteiger partial charge in [0.1, 0.15) is 12.7 Å². The zero-order valence-electron chi connectivity index (χ0n) is 17.5. The minimum atomic E-state index is -0.491. The Morgan fingerprint density at radius 1 is 1.03 bits per heavy atom. The lowest BCUT2D eigenvalue weighted by molar-refractivity contribution is -0.138. The summed E-state index contributed by atoms with van der Waals surface area (Å²) in [6, 6.07) is 12.0. The Kier molecular flexibility index (Phi) is 7.49. The van der Waals surface area contributed by atoms with Gasteiger partial charge in [0.05, 0.1) is 5.56 Å². The molecule has 0 bridgehead atoms. The molecule has 2 aromatic carbocycles. The number of allylic oxidation sites excluding steroid dienone is 1. The zero-order valence-corrected chi connectivity index (χ0v) is 17.5. The van der Waals surface area contributed by atoms with Crippen molar-refractivity contribution >= 4 is 29.4 Å². The lowest BCUT2D eigenvalue weighted by Gasteiger charge is -2.26. The van der Waals surface area contributed by atoms with Gasteiger partial charge in [0.2, 0.25) is 0 Å². The van der Waals surface area contributed by atoms with E-state index in [-0.39, 0.29) is 18.7 Å². The highest BCUT2D eigenvalue weighted by atomic mass is 16.5. The highest BCUT2D eigenvalue weighted by Crippen LogP contribution is 2.27. The molecule has 0 radical (unpaired) electrons. The van der Waals surface area contributed by atoms with Crippen molar-refractivity contribution in [1.82, 2.24) is 0 Å². The van der Waals surface area contributed by atoms with Gasteiger partial charge >= 0.3 is 11.9 Å². The van der Waals surface area contributed by atoms with Gasteiger partial charge in [0.25, 0.3) is 0 Å². The number of hydrogen-bond donors (Lipinski definition) is 2. The van der Waals surface area contributed by atoms with Crippen molar-refractivity contribution in [1.29, 1.82) is 0 Å². The highest BCUT2D eigenvalue weighted by molar-refractivity contribution is 5.90. The first-order valence-electron chi connectivity index (χ1n) is 10.4. The molecule has 31 heavy (non-hydrogen) atoms. The fraction of sp³-hybridized carbons (Fsp3) is 0.280. The summed E-state index contributed by atoms with van der Waals surface area (Å²) in [5, 5.41) is 0. The molecule has 0 aromatic heterocycles. The second-order valence-electron chi connectivity index (χ2n) is 7.70. The zero-order chi connectivity index (χ0) is 22.2. The number of anilines is 2. The normalized spacial score (nSPS) is 18.5. The van der Waals surface area contributed by atoms with Crippen molar-refractivity contribution in [2.45, 2.75) is 38.4 Å². The molecule has 1 aliphatic carbocycles. The van der Waals surface area contributed by atoms with Crippen LogP contribution in [0, 0.1) is 5.92 Å². The molecule has 0 amide bonds. The quantitative estimate of drug-likeness (QED) is 0.296. The van der Waals surface area contributed by atoms with Crippen molar-refractivity contribution < 1.29 is 19.1 Å². The third-order valence-electron chi connectivity index (χ3n) is 5.42. The summed E-state index contributed by atoms with van der Waals surface area (Å²) in [7, 11) is 0. The van der Waals surface area contributed by atoms with Crippen LogP contribution in [0.4, 0.5) is 11.4 Å². The molecule has 4 N–H and O–H groups in total. The van der Waals surface area contributed by atoms with Gasteiger partial charge < -0.3 is 20.9 Å². The van der Waals surface area contributed by atoms with Crippen molar-refractivity contribution in [2.24, 2.45) is 5.92 Å². The third-order valence-corrected chi connectivity index (χ3v) is 5.42. The Labute approximate surface area is 182 Å². The van der Waals surface area contributed by atoms with Gasteiger partial charge in [-0.1, -0.05) is 24.3 Å². The summed E-state index contributed by atoms with van der Waals surface area (Å²) >= 11 is 0. The van der Waals surface area contributed by atoms with E-state index in [4.69, 9.17) is 20.9 Å². The summed E-state index contributed by atoms with van der Waals surface area (Å²) in [6.07, 6.45) is 8.65. The smallest absolute Gasteiger partial charge is 0.338 e. The van der Waals surface area contributed by atoms with E-state index in [0.717, 1.165) is 31.2 Å². The van der Waals surface area contributed by atoms with Crippen LogP contribution < -0.4 is 11.5 Å². The number of nitrogen functional groups attached to an aromatic ring is 2. The summed E-state index contributed by atoms with van der Waals surface area (Å²) in [4.78, 5) is 24.3. The van der Waals surface area contributed by atoms with Crippen molar-refractivity contribution in [3.8, 4) is 0 Å². The van der Waals surface area contributed by atoms with Crippen LogP contribution in [0.5, 0.6) is 0 Å². The van der Waals surface area contributed by atoms with Gasteiger partial charge in [-0.25, -0.2) is 9.59 Å². The van der Waals surface area contributed by atoms with Crippen LogP contribution in [0.3, 0.4) is 0 Å². The van der Waals surface area contributed by atoms with E-state index in [9.17, 15) is 9.59 Å². The van der Waals surface area contributed by atoms with E-state index in [1.165, 1.54) is 6.08 Å². The van der Waals surface area contributed by atoms with Crippen LogP contribution in [0.15, 0.2) is 61.2 Å². The first kappa shape index (κ1) is 22.2. The lowest BCUT2D eigenvalue weighted by atomic mass is 9.87. The Bertz CT molecular complexity index is 958.